The Morgan fingerprint density at radius 2 is 1.94 bits per heavy atom. The summed E-state index contributed by atoms with van der Waals surface area (Å²) in [5, 5.41) is 6.24. The molecule has 2 N–H and O–H groups in total. The van der Waals surface area contributed by atoms with Gasteiger partial charge >= 0.3 is 0 Å². The van der Waals surface area contributed by atoms with Gasteiger partial charge in [-0.05, 0) is 25.2 Å². The van der Waals surface area contributed by atoms with Crippen molar-refractivity contribution in [3.8, 4) is 0 Å². The van der Waals surface area contributed by atoms with Crippen LogP contribution in [0.25, 0.3) is 0 Å². The van der Waals surface area contributed by atoms with E-state index in [9.17, 15) is 4.79 Å². The van der Waals surface area contributed by atoms with E-state index in [0.29, 0.717) is 11.8 Å². The quantitative estimate of drug-likeness (QED) is 0.681. The molecule has 0 unspecified atom stereocenters. The van der Waals surface area contributed by atoms with Gasteiger partial charge in [0.1, 0.15) is 0 Å². The minimum absolute atomic E-state index is 0.156. The minimum Gasteiger partial charge on any atom is -0.356 e. The summed E-state index contributed by atoms with van der Waals surface area (Å²) >= 11 is 0. The molecule has 0 aromatic carbocycles. The largest absolute Gasteiger partial charge is 0.356 e. The Morgan fingerprint density at radius 1 is 1.25 bits per heavy atom. The minimum atomic E-state index is 0.156. The van der Waals surface area contributed by atoms with Gasteiger partial charge in [0.2, 0.25) is 5.91 Å². The first-order valence-corrected chi connectivity index (χ1v) is 6.64. The van der Waals surface area contributed by atoms with Gasteiger partial charge in [0.25, 0.3) is 0 Å². The van der Waals surface area contributed by atoms with Gasteiger partial charge < -0.3 is 10.6 Å². The van der Waals surface area contributed by atoms with Crippen molar-refractivity contribution in [1.29, 1.82) is 0 Å². The van der Waals surface area contributed by atoms with E-state index in [4.69, 9.17) is 0 Å². The van der Waals surface area contributed by atoms with Crippen LogP contribution in [0.15, 0.2) is 0 Å². The van der Waals surface area contributed by atoms with Crippen LogP contribution in [0.4, 0.5) is 0 Å². The molecule has 0 spiro atoms. The van der Waals surface area contributed by atoms with Gasteiger partial charge in [0.05, 0.1) is 0 Å². The molecule has 1 fully saturated rings. The lowest BCUT2D eigenvalue weighted by atomic mass is 9.76. The fourth-order valence-corrected chi connectivity index (χ4v) is 2.46. The van der Waals surface area contributed by atoms with E-state index >= 15 is 0 Å². The lowest BCUT2D eigenvalue weighted by molar-refractivity contribution is -0.120. The molecule has 0 atom stereocenters. The Bertz CT molecular complexity index is 210. The maximum absolute atomic E-state index is 11.2. The Kier molecular flexibility index (Phi) is 5.81. The standard InChI is InChI=1S/C13H26N2O/c1-3-15-12(16)7-10-14-11-13(2)8-5-4-6-9-13/h14H,3-11H2,1-2H3,(H,15,16). The van der Waals surface area contributed by atoms with E-state index in [1.165, 1.54) is 32.1 Å². The van der Waals surface area contributed by atoms with Gasteiger partial charge in [0.15, 0.2) is 0 Å². The molecule has 0 radical (unpaired) electrons. The highest BCUT2D eigenvalue weighted by Gasteiger charge is 2.25. The van der Waals surface area contributed by atoms with Crippen molar-refractivity contribution >= 4 is 5.91 Å². The monoisotopic (exact) mass is 226 g/mol. The number of amides is 1. The normalized spacial score (nSPS) is 19.4. The van der Waals surface area contributed by atoms with Crippen LogP contribution in [-0.4, -0.2) is 25.5 Å². The summed E-state index contributed by atoms with van der Waals surface area (Å²) in [6, 6.07) is 0. The van der Waals surface area contributed by atoms with Crippen LogP contribution in [0.3, 0.4) is 0 Å². The zero-order chi connectivity index (χ0) is 11.9. The molecule has 1 rings (SSSR count). The lowest BCUT2D eigenvalue weighted by Gasteiger charge is -2.33. The van der Waals surface area contributed by atoms with Crippen molar-refractivity contribution in [2.45, 2.75) is 52.4 Å². The van der Waals surface area contributed by atoms with Crippen LogP contribution in [0, 0.1) is 5.41 Å². The molecule has 0 heterocycles. The fraction of sp³-hybridized carbons (Fsp3) is 0.923. The molecule has 1 aliphatic rings. The molecule has 0 aromatic heterocycles. The predicted molar refractivity (Wildman–Crippen MR) is 67.4 cm³/mol. The number of hydrogen-bond acceptors (Lipinski definition) is 2. The van der Waals surface area contributed by atoms with Crippen molar-refractivity contribution in [3.63, 3.8) is 0 Å². The maximum atomic E-state index is 11.2. The van der Waals surface area contributed by atoms with Crippen LogP contribution in [0.2, 0.25) is 0 Å². The SMILES string of the molecule is CCNC(=O)CCNCC1(C)CCCCC1. The molecule has 0 aromatic rings. The smallest absolute Gasteiger partial charge is 0.221 e. The average molecular weight is 226 g/mol. The number of carbonyl (C=O) groups excluding carboxylic acids is 1. The first-order valence-electron chi connectivity index (χ1n) is 6.64. The van der Waals surface area contributed by atoms with Crippen molar-refractivity contribution in [3.05, 3.63) is 0 Å². The summed E-state index contributed by atoms with van der Waals surface area (Å²) in [5.41, 5.74) is 0.472. The van der Waals surface area contributed by atoms with Gasteiger partial charge in [-0.3, -0.25) is 4.79 Å². The van der Waals surface area contributed by atoms with Crippen LogP contribution < -0.4 is 10.6 Å². The summed E-state index contributed by atoms with van der Waals surface area (Å²) in [5.74, 6) is 0.156. The van der Waals surface area contributed by atoms with Crippen molar-refractivity contribution in [1.82, 2.24) is 10.6 Å². The second-order valence-corrected chi connectivity index (χ2v) is 5.25. The topological polar surface area (TPSA) is 41.1 Å². The lowest BCUT2D eigenvalue weighted by Crippen LogP contribution is -2.35. The molecular formula is C13H26N2O. The van der Waals surface area contributed by atoms with E-state index in [1.807, 2.05) is 6.92 Å². The van der Waals surface area contributed by atoms with Gasteiger partial charge in [-0.1, -0.05) is 26.2 Å². The molecule has 1 amide bonds. The first-order chi connectivity index (χ1) is 7.66. The van der Waals surface area contributed by atoms with Crippen molar-refractivity contribution < 1.29 is 4.79 Å². The van der Waals surface area contributed by atoms with E-state index < -0.39 is 0 Å². The Balaban J connectivity index is 2.07. The molecule has 3 heteroatoms. The summed E-state index contributed by atoms with van der Waals surface area (Å²) in [7, 11) is 0. The van der Waals surface area contributed by atoms with Crippen molar-refractivity contribution in [2.75, 3.05) is 19.6 Å². The predicted octanol–water partition coefficient (Wildman–Crippen LogP) is 2.07. The van der Waals surface area contributed by atoms with E-state index in [2.05, 4.69) is 17.6 Å². The van der Waals surface area contributed by atoms with Crippen molar-refractivity contribution in [2.24, 2.45) is 5.41 Å². The number of rotatable bonds is 6. The average Bonchev–Trinajstić information content (AvgIpc) is 2.26. The zero-order valence-corrected chi connectivity index (χ0v) is 10.8. The van der Waals surface area contributed by atoms with Gasteiger partial charge in [-0.15, -0.1) is 0 Å². The van der Waals surface area contributed by atoms with Crippen LogP contribution in [0.1, 0.15) is 52.4 Å². The first kappa shape index (κ1) is 13.5. The number of nitrogens with one attached hydrogen (secondary N) is 2. The Labute approximate surface area is 99.4 Å². The molecule has 3 nitrogen and oxygen atoms in total. The third-order valence-corrected chi connectivity index (χ3v) is 3.52. The molecule has 1 saturated carbocycles. The van der Waals surface area contributed by atoms with E-state index in [1.54, 1.807) is 0 Å². The summed E-state index contributed by atoms with van der Waals surface area (Å²) in [6.07, 6.45) is 7.41. The second-order valence-electron chi connectivity index (χ2n) is 5.25. The molecular weight excluding hydrogens is 200 g/mol. The molecule has 1 aliphatic carbocycles. The summed E-state index contributed by atoms with van der Waals surface area (Å²) in [4.78, 5) is 11.2. The van der Waals surface area contributed by atoms with Crippen LogP contribution in [0.5, 0.6) is 0 Å². The highest BCUT2D eigenvalue weighted by atomic mass is 16.1. The third-order valence-electron chi connectivity index (χ3n) is 3.52. The highest BCUT2D eigenvalue weighted by Crippen LogP contribution is 2.34. The molecule has 16 heavy (non-hydrogen) atoms. The molecule has 0 saturated heterocycles. The maximum Gasteiger partial charge on any atom is 0.221 e. The summed E-state index contributed by atoms with van der Waals surface area (Å²) in [6.45, 7) is 6.92. The van der Waals surface area contributed by atoms with Gasteiger partial charge in [-0.2, -0.15) is 0 Å². The second kappa shape index (κ2) is 6.89. The van der Waals surface area contributed by atoms with Crippen LogP contribution >= 0.6 is 0 Å². The Hall–Kier alpha value is -0.570. The highest BCUT2D eigenvalue weighted by molar-refractivity contribution is 5.75. The van der Waals surface area contributed by atoms with Gasteiger partial charge in [-0.25, -0.2) is 0 Å². The molecule has 0 bridgehead atoms. The van der Waals surface area contributed by atoms with E-state index in [0.717, 1.165) is 19.6 Å². The summed E-state index contributed by atoms with van der Waals surface area (Å²) < 4.78 is 0. The number of hydrogen-bond donors (Lipinski definition) is 2. The molecule has 94 valence electrons. The third kappa shape index (κ3) is 4.97. The van der Waals surface area contributed by atoms with E-state index in [-0.39, 0.29) is 5.91 Å². The fourth-order valence-electron chi connectivity index (χ4n) is 2.46. The van der Waals surface area contributed by atoms with Crippen LogP contribution in [-0.2, 0) is 4.79 Å². The van der Waals surface area contributed by atoms with Gasteiger partial charge in [0, 0.05) is 26.1 Å². The Morgan fingerprint density at radius 3 is 2.56 bits per heavy atom. The zero-order valence-electron chi connectivity index (χ0n) is 10.8. The molecule has 0 aliphatic heterocycles. The number of carbonyl (C=O) groups is 1.